The van der Waals surface area contributed by atoms with Gasteiger partial charge in [-0.25, -0.2) is 0 Å². The van der Waals surface area contributed by atoms with E-state index in [4.69, 9.17) is 23.7 Å². The lowest BCUT2D eigenvalue weighted by Gasteiger charge is -2.39. The van der Waals surface area contributed by atoms with E-state index >= 15 is 0 Å². The van der Waals surface area contributed by atoms with Gasteiger partial charge in [0.2, 0.25) is 0 Å². The van der Waals surface area contributed by atoms with Crippen LogP contribution < -0.4 is 0 Å². The Labute approximate surface area is 123 Å². The second-order valence-electron chi connectivity index (χ2n) is 6.69. The number of fused-ring (bicyclic) bond motifs is 2. The molecule has 2 aliphatic heterocycles. The second-order valence-corrected chi connectivity index (χ2v) is 6.69. The highest BCUT2D eigenvalue weighted by Crippen LogP contribution is 2.45. The van der Waals surface area contributed by atoms with Crippen molar-refractivity contribution < 1.29 is 33.6 Å². The molecule has 0 spiro atoms. The Morgan fingerprint density at radius 2 is 1.29 bits per heavy atom. The first-order valence-electron chi connectivity index (χ1n) is 7.16. The van der Waals surface area contributed by atoms with E-state index in [1.54, 1.807) is 27.7 Å². The fourth-order valence-corrected chi connectivity index (χ4v) is 3.37. The molecule has 0 bridgehead atoms. The molecule has 3 fully saturated rings. The van der Waals surface area contributed by atoms with Gasteiger partial charge in [0.1, 0.15) is 30.5 Å². The lowest BCUT2D eigenvalue weighted by Crippen LogP contribution is -2.62. The molecule has 2 unspecified atom stereocenters. The molecule has 6 atom stereocenters. The highest BCUT2D eigenvalue weighted by molar-refractivity contribution is 5.66. The summed E-state index contributed by atoms with van der Waals surface area (Å²) < 4.78 is 28.5. The number of esters is 1. The highest BCUT2D eigenvalue weighted by Gasteiger charge is 2.64. The third-order valence-electron chi connectivity index (χ3n) is 3.95. The first-order chi connectivity index (χ1) is 9.60. The van der Waals surface area contributed by atoms with E-state index in [1.165, 1.54) is 6.92 Å². The minimum atomic E-state index is -0.907. The zero-order valence-corrected chi connectivity index (χ0v) is 12.9. The Morgan fingerprint density at radius 3 is 1.67 bits per heavy atom. The van der Waals surface area contributed by atoms with Crippen molar-refractivity contribution in [3.8, 4) is 0 Å². The molecule has 120 valence electrons. The number of aliphatic hydroxyl groups excluding tert-OH is 1. The van der Waals surface area contributed by atoms with Crippen molar-refractivity contribution in [3.63, 3.8) is 0 Å². The van der Waals surface area contributed by atoms with Crippen LogP contribution in [-0.4, -0.2) is 59.3 Å². The minimum Gasteiger partial charge on any atom is -0.457 e. The van der Waals surface area contributed by atoms with E-state index in [0.717, 1.165) is 0 Å². The summed E-state index contributed by atoms with van der Waals surface area (Å²) >= 11 is 0. The van der Waals surface area contributed by atoms with Crippen LogP contribution >= 0.6 is 0 Å². The fourth-order valence-electron chi connectivity index (χ4n) is 3.37. The largest absolute Gasteiger partial charge is 0.457 e. The number of hydrogen-bond donors (Lipinski definition) is 1. The van der Waals surface area contributed by atoms with Crippen LogP contribution in [0.2, 0.25) is 0 Å². The van der Waals surface area contributed by atoms with Crippen molar-refractivity contribution in [1.29, 1.82) is 0 Å². The Kier molecular flexibility index (Phi) is 3.35. The average molecular weight is 302 g/mol. The maximum absolute atomic E-state index is 11.4. The summed E-state index contributed by atoms with van der Waals surface area (Å²) in [6.07, 6.45) is -4.00. The summed E-state index contributed by atoms with van der Waals surface area (Å²) in [5.41, 5.74) is 0. The van der Waals surface area contributed by atoms with Gasteiger partial charge < -0.3 is 28.8 Å². The van der Waals surface area contributed by atoms with Crippen LogP contribution in [0.3, 0.4) is 0 Å². The van der Waals surface area contributed by atoms with Crippen LogP contribution in [0.25, 0.3) is 0 Å². The van der Waals surface area contributed by atoms with Gasteiger partial charge in [0.25, 0.3) is 0 Å². The number of carbonyl (C=O) groups excluding carboxylic acids is 1. The van der Waals surface area contributed by atoms with E-state index in [9.17, 15) is 9.90 Å². The molecule has 1 N–H and O–H groups in total. The van der Waals surface area contributed by atoms with Crippen LogP contribution in [-0.2, 0) is 28.5 Å². The van der Waals surface area contributed by atoms with E-state index in [0.29, 0.717) is 0 Å². The van der Waals surface area contributed by atoms with Gasteiger partial charge >= 0.3 is 5.97 Å². The smallest absolute Gasteiger partial charge is 0.303 e. The molecule has 21 heavy (non-hydrogen) atoms. The van der Waals surface area contributed by atoms with Gasteiger partial charge in [0.15, 0.2) is 17.7 Å². The van der Waals surface area contributed by atoms with Gasteiger partial charge in [-0.1, -0.05) is 0 Å². The van der Waals surface area contributed by atoms with Crippen LogP contribution in [0.4, 0.5) is 0 Å². The first-order valence-corrected chi connectivity index (χ1v) is 7.16. The predicted molar refractivity (Wildman–Crippen MR) is 69.2 cm³/mol. The van der Waals surface area contributed by atoms with Gasteiger partial charge in [0.05, 0.1) is 0 Å². The van der Waals surface area contributed by atoms with Crippen LogP contribution in [0.1, 0.15) is 34.6 Å². The molecule has 7 nitrogen and oxygen atoms in total. The molecule has 0 radical (unpaired) electrons. The van der Waals surface area contributed by atoms with E-state index in [1.807, 2.05) is 0 Å². The van der Waals surface area contributed by atoms with Gasteiger partial charge in [-0.05, 0) is 27.7 Å². The molecule has 2 heterocycles. The third kappa shape index (κ3) is 2.57. The number of aliphatic hydroxyl groups is 1. The standard InChI is InChI=1S/C14H22O7/c1-6(15)17-10-11-8(18-13(2,3)20-11)7(16)9-12(10)21-14(4,5)19-9/h7-12,16H,1-5H3/t7?,8-,9-,10?,11-,12+/m0/s1. The molecule has 1 aliphatic carbocycles. The van der Waals surface area contributed by atoms with Crippen LogP contribution in [0, 0.1) is 0 Å². The van der Waals surface area contributed by atoms with Crippen molar-refractivity contribution in [2.45, 2.75) is 82.8 Å². The molecule has 0 aromatic heterocycles. The quantitative estimate of drug-likeness (QED) is 0.699. The molecule has 0 aromatic carbocycles. The maximum atomic E-state index is 11.4. The van der Waals surface area contributed by atoms with Crippen molar-refractivity contribution in [3.05, 3.63) is 0 Å². The lowest BCUT2D eigenvalue weighted by atomic mass is 9.85. The number of hydrogen-bond acceptors (Lipinski definition) is 7. The first kappa shape index (κ1) is 15.2. The molecule has 7 heteroatoms. The lowest BCUT2D eigenvalue weighted by molar-refractivity contribution is -0.194. The Morgan fingerprint density at radius 1 is 0.905 bits per heavy atom. The van der Waals surface area contributed by atoms with Crippen molar-refractivity contribution in [2.75, 3.05) is 0 Å². The van der Waals surface area contributed by atoms with E-state index in [2.05, 4.69) is 0 Å². The third-order valence-corrected chi connectivity index (χ3v) is 3.95. The Balaban J connectivity index is 1.93. The van der Waals surface area contributed by atoms with Crippen LogP contribution in [0.15, 0.2) is 0 Å². The van der Waals surface area contributed by atoms with Crippen molar-refractivity contribution >= 4 is 5.97 Å². The zero-order valence-electron chi connectivity index (χ0n) is 12.9. The zero-order chi connectivity index (χ0) is 15.6. The molecular weight excluding hydrogens is 280 g/mol. The average Bonchev–Trinajstić information content (AvgIpc) is 2.81. The van der Waals surface area contributed by atoms with E-state index < -0.39 is 54.2 Å². The van der Waals surface area contributed by atoms with Gasteiger partial charge in [-0.3, -0.25) is 4.79 Å². The van der Waals surface area contributed by atoms with Crippen molar-refractivity contribution in [1.82, 2.24) is 0 Å². The Bertz CT molecular complexity index is 415. The normalized spacial score (nSPS) is 46.8. The maximum Gasteiger partial charge on any atom is 0.303 e. The molecule has 0 amide bonds. The molecule has 0 aromatic rings. The number of rotatable bonds is 1. The minimum absolute atomic E-state index is 0.435. The number of carbonyl (C=O) groups is 1. The SMILES string of the molecule is CC(=O)OC1[C@H]2OC(C)(C)O[C@H]2C(O)[C@@H]2OC(C)(C)O[C@@H]12. The molecule has 2 saturated heterocycles. The monoisotopic (exact) mass is 302 g/mol. The Hall–Kier alpha value is -0.730. The summed E-state index contributed by atoms with van der Waals surface area (Å²) in [5, 5.41) is 10.5. The molecule has 3 aliphatic rings. The number of ether oxygens (including phenoxy) is 5. The topological polar surface area (TPSA) is 83.5 Å². The summed E-state index contributed by atoms with van der Waals surface area (Å²) in [5.74, 6) is -2.15. The van der Waals surface area contributed by atoms with Gasteiger partial charge in [-0.2, -0.15) is 0 Å². The molecule has 1 saturated carbocycles. The predicted octanol–water partition coefficient (Wildman–Crippen LogP) is 0.333. The summed E-state index contributed by atoms with van der Waals surface area (Å²) in [6.45, 7) is 8.35. The summed E-state index contributed by atoms with van der Waals surface area (Å²) in [6, 6.07) is 0. The van der Waals surface area contributed by atoms with Crippen LogP contribution in [0.5, 0.6) is 0 Å². The molecular formula is C14H22O7. The second kappa shape index (κ2) is 4.63. The highest BCUT2D eigenvalue weighted by atomic mass is 16.8. The molecule has 3 rings (SSSR count). The van der Waals surface area contributed by atoms with E-state index in [-0.39, 0.29) is 0 Å². The van der Waals surface area contributed by atoms with Crippen molar-refractivity contribution in [2.24, 2.45) is 0 Å². The summed E-state index contributed by atoms with van der Waals surface area (Å²) in [7, 11) is 0. The van der Waals surface area contributed by atoms with Gasteiger partial charge in [0, 0.05) is 6.92 Å². The van der Waals surface area contributed by atoms with Gasteiger partial charge in [-0.15, -0.1) is 0 Å². The summed E-state index contributed by atoms with van der Waals surface area (Å²) in [4.78, 5) is 11.4. The fraction of sp³-hybridized carbons (Fsp3) is 0.929.